The minimum absolute atomic E-state index is 0.0143. The van der Waals surface area contributed by atoms with E-state index in [0.29, 0.717) is 0 Å². The van der Waals surface area contributed by atoms with Crippen LogP contribution in [0.1, 0.15) is 12.0 Å². The van der Waals surface area contributed by atoms with Gasteiger partial charge in [0.15, 0.2) is 0 Å². The number of aliphatic carboxylic acids is 1. The Bertz CT molecular complexity index is 582. The number of carbonyl (C=O) groups is 3. The summed E-state index contributed by atoms with van der Waals surface area (Å²) >= 11 is 0. The summed E-state index contributed by atoms with van der Waals surface area (Å²) in [6.07, 6.45) is 0.128. The fraction of sp³-hybridized carbons (Fsp3) is 0.214. The van der Waals surface area contributed by atoms with Gasteiger partial charge in [0.2, 0.25) is 5.91 Å². The predicted octanol–water partition coefficient (Wildman–Crippen LogP) is 0.770. The summed E-state index contributed by atoms with van der Waals surface area (Å²) < 4.78 is 5.01. The lowest BCUT2D eigenvalue weighted by Gasteiger charge is -2.13. The van der Waals surface area contributed by atoms with Gasteiger partial charge in [-0.15, -0.1) is 0 Å². The summed E-state index contributed by atoms with van der Waals surface area (Å²) in [6, 6.07) is 8.40. The number of amides is 2. The first-order chi connectivity index (χ1) is 10.0. The third-order valence-corrected chi connectivity index (χ3v) is 2.83. The maximum atomic E-state index is 11.7. The molecule has 1 atom stereocenters. The second-order valence-electron chi connectivity index (χ2n) is 4.45. The molecule has 1 fully saturated rings. The SMILES string of the molecule is O=C(O)/C=C1\NC(=O)CC1NC(=O)OCc1ccccc1. The number of hydrogen-bond acceptors (Lipinski definition) is 4. The molecule has 0 radical (unpaired) electrons. The van der Waals surface area contributed by atoms with Crippen LogP contribution in [-0.2, 0) is 20.9 Å². The standard InChI is InChI=1S/C14H14N2O5/c17-12-6-10(11(15-12)7-13(18)19)16-14(20)21-8-9-4-2-1-3-5-9/h1-5,7,10H,6,8H2,(H,15,17)(H,16,20)(H,18,19)/b11-7-. The Morgan fingerprint density at radius 2 is 2.10 bits per heavy atom. The van der Waals surface area contributed by atoms with Crippen molar-refractivity contribution in [3.63, 3.8) is 0 Å². The number of rotatable bonds is 4. The van der Waals surface area contributed by atoms with E-state index in [-0.39, 0.29) is 24.6 Å². The van der Waals surface area contributed by atoms with Gasteiger partial charge in [-0.3, -0.25) is 4.79 Å². The van der Waals surface area contributed by atoms with Gasteiger partial charge in [-0.25, -0.2) is 9.59 Å². The van der Waals surface area contributed by atoms with Gasteiger partial charge in [0.25, 0.3) is 0 Å². The van der Waals surface area contributed by atoms with Crippen molar-refractivity contribution in [2.45, 2.75) is 19.1 Å². The summed E-state index contributed by atoms with van der Waals surface area (Å²) in [4.78, 5) is 33.6. The molecule has 0 spiro atoms. The van der Waals surface area contributed by atoms with E-state index in [1.54, 1.807) is 0 Å². The molecule has 110 valence electrons. The number of carbonyl (C=O) groups excluding carboxylic acids is 2. The van der Waals surface area contributed by atoms with E-state index < -0.39 is 18.1 Å². The molecule has 7 heteroatoms. The van der Waals surface area contributed by atoms with Gasteiger partial charge in [0.1, 0.15) is 6.61 Å². The van der Waals surface area contributed by atoms with Crippen LogP contribution in [0.15, 0.2) is 42.1 Å². The molecule has 1 aliphatic heterocycles. The Morgan fingerprint density at radius 3 is 2.76 bits per heavy atom. The van der Waals surface area contributed by atoms with Crippen LogP contribution in [0.4, 0.5) is 4.79 Å². The molecule has 1 unspecified atom stereocenters. The highest BCUT2D eigenvalue weighted by Crippen LogP contribution is 2.12. The van der Waals surface area contributed by atoms with Crippen LogP contribution < -0.4 is 10.6 Å². The van der Waals surface area contributed by atoms with E-state index in [1.807, 2.05) is 30.3 Å². The van der Waals surface area contributed by atoms with E-state index in [2.05, 4.69) is 10.6 Å². The lowest BCUT2D eigenvalue weighted by molar-refractivity contribution is -0.131. The fourth-order valence-electron chi connectivity index (χ4n) is 1.90. The third kappa shape index (κ3) is 4.34. The maximum Gasteiger partial charge on any atom is 0.408 e. The molecule has 21 heavy (non-hydrogen) atoms. The van der Waals surface area contributed by atoms with Crippen LogP contribution in [0.5, 0.6) is 0 Å². The zero-order chi connectivity index (χ0) is 15.2. The van der Waals surface area contributed by atoms with Crippen molar-refractivity contribution in [1.82, 2.24) is 10.6 Å². The smallest absolute Gasteiger partial charge is 0.408 e. The normalized spacial score (nSPS) is 19.1. The molecular formula is C14H14N2O5. The van der Waals surface area contributed by atoms with E-state index in [1.165, 1.54) is 0 Å². The van der Waals surface area contributed by atoms with Gasteiger partial charge in [0.05, 0.1) is 12.5 Å². The molecule has 1 aromatic rings. The van der Waals surface area contributed by atoms with Crippen molar-refractivity contribution in [3.05, 3.63) is 47.7 Å². The van der Waals surface area contributed by atoms with Crippen LogP contribution in [0.3, 0.4) is 0 Å². The largest absolute Gasteiger partial charge is 0.478 e. The average molecular weight is 290 g/mol. The van der Waals surface area contributed by atoms with Crippen LogP contribution in [0, 0.1) is 0 Å². The Balaban J connectivity index is 1.89. The number of nitrogens with one attached hydrogen (secondary N) is 2. The molecular weight excluding hydrogens is 276 g/mol. The van der Waals surface area contributed by atoms with Crippen LogP contribution in [-0.4, -0.2) is 29.1 Å². The fourth-order valence-corrected chi connectivity index (χ4v) is 1.90. The predicted molar refractivity (Wildman–Crippen MR) is 72.0 cm³/mol. The zero-order valence-corrected chi connectivity index (χ0v) is 11.0. The second kappa shape index (κ2) is 6.56. The highest BCUT2D eigenvalue weighted by molar-refractivity contribution is 5.88. The highest BCUT2D eigenvalue weighted by Gasteiger charge is 2.29. The minimum atomic E-state index is -1.20. The van der Waals surface area contributed by atoms with Gasteiger partial charge >= 0.3 is 12.1 Å². The number of carboxylic acids is 1. The van der Waals surface area contributed by atoms with Gasteiger partial charge < -0.3 is 20.5 Å². The van der Waals surface area contributed by atoms with Crippen molar-refractivity contribution in [1.29, 1.82) is 0 Å². The summed E-state index contributed by atoms with van der Waals surface area (Å²) in [5, 5.41) is 13.5. The Labute approximate surface area is 120 Å². The summed E-state index contributed by atoms with van der Waals surface area (Å²) in [7, 11) is 0. The van der Waals surface area contributed by atoms with Gasteiger partial charge in [-0.05, 0) is 5.56 Å². The first kappa shape index (κ1) is 14.6. The number of alkyl carbamates (subject to hydrolysis) is 1. The van der Waals surface area contributed by atoms with Crippen molar-refractivity contribution in [2.75, 3.05) is 0 Å². The minimum Gasteiger partial charge on any atom is -0.478 e. The van der Waals surface area contributed by atoms with Crippen molar-refractivity contribution >= 4 is 18.0 Å². The lowest BCUT2D eigenvalue weighted by Crippen LogP contribution is -2.35. The summed E-state index contributed by atoms with van der Waals surface area (Å²) in [5.41, 5.74) is 0.971. The Kier molecular flexibility index (Phi) is 4.55. The molecule has 0 aliphatic carbocycles. The molecule has 0 saturated carbocycles. The molecule has 1 aliphatic rings. The first-order valence-corrected chi connectivity index (χ1v) is 6.26. The molecule has 1 aromatic carbocycles. The lowest BCUT2D eigenvalue weighted by atomic mass is 10.2. The van der Waals surface area contributed by atoms with Gasteiger partial charge in [0, 0.05) is 11.8 Å². The molecule has 0 aromatic heterocycles. The molecule has 2 rings (SSSR count). The quantitative estimate of drug-likeness (QED) is 0.710. The molecule has 2 amide bonds. The van der Waals surface area contributed by atoms with Crippen molar-refractivity contribution < 1.29 is 24.2 Å². The van der Waals surface area contributed by atoms with Crippen LogP contribution in [0.2, 0.25) is 0 Å². The molecule has 7 nitrogen and oxygen atoms in total. The van der Waals surface area contributed by atoms with E-state index in [4.69, 9.17) is 9.84 Å². The monoisotopic (exact) mass is 290 g/mol. The van der Waals surface area contributed by atoms with E-state index in [9.17, 15) is 14.4 Å². The van der Waals surface area contributed by atoms with Crippen LogP contribution in [0.25, 0.3) is 0 Å². The molecule has 3 N–H and O–H groups in total. The number of carboxylic acid groups (broad SMARTS) is 1. The number of hydrogen-bond donors (Lipinski definition) is 3. The number of benzene rings is 1. The number of ether oxygens (including phenoxy) is 1. The van der Waals surface area contributed by atoms with Crippen molar-refractivity contribution in [3.8, 4) is 0 Å². The second-order valence-corrected chi connectivity index (χ2v) is 4.45. The van der Waals surface area contributed by atoms with Gasteiger partial charge in [-0.2, -0.15) is 0 Å². The average Bonchev–Trinajstić information content (AvgIpc) is 2.76. The van der Waals surface area contributed by atoms with E-state index in [0.717, 1.165) is 11.6 Å². The maximum absolute atomic E-state index is 11.7. The zero-order valence-electron chi connectivity index (χ0n) is 11.0. The topological polar surface area (TPSA) is 105 Å². The molecule has 1 heterocycles. The van der Waals surface area contributed by atoms with Crippen LogP contribution >= 0.6 is 0 Å². The summed E-state index contributed by atoms with van der Waals surface area (Å²) in [6.45, 7) is 0.0960. The van der Waals surface area contributed by atoms with Gasteiger partial charge in [-0.1, -0.05) is 30.3 Å². The molecule has 1 saturated heterocycles. The Morgan fingerprint density at radius 1 is 1.38 bits per heavy atom. The summed E-state index contributed by atoms with van der Waals surface area (Å²) in [5.74, 6) is -1.55. The first-order valence-electron chi connectivity index (χ1n) is 6.26. The Hall–Kier alpha value is -2.83. The third-order valence-electron chi connectivity index (χ3n) is 2.83. The molecule has 0 bridgehead atoms. The van der Waals surface area contributed by atoms with E-state index >= 15 is 0 Å². The highest BCUT2D eigenvalue weighted by atomic mass is 16.5. The van der Waals surface area contributed by atoms with Crippen molar-refractivity contribution in [2.24, 2.45) is 0 Å².